The first-order valence-electron chi connectivity index (χ1n) is 9.74. The number of allylic oxidation sites excluding steroid dienone is 1. The van der Waals surface area contributed by atoms with Crippen LogP contribution in [0.3, 0.4) is 0 Å². The zero-order valence-electron chi connectivity index (χ0n) is 16.5. The van der Waals surface area contributed by atoms with Gasteiger partial charge in [-0.25, -0.2) is 0 Å². The molecule has 0 radical (unpaired) electrons. The monoisotopic (exact) mass is 377 g/mol. The van der Waals surface area contributed by atoms with Crippen molar-refractivity contribution in [3.63, 3.8) is 0 Å². The van der Waals surface area contributed by atoms with E-state index in [1.165, 1.54) is 0 Å². The van der Waals surface area contributed by atoms with E-state index in [1.54, 1.807) is 12.1 Å². The lowest BCUT2D eigenvalue weighted by Gasteiger charge is -2.16. The third kappa shape index (κ3) is 5.94. The molecule has 142 valence electrons. The molecule has 2 nitrogen and oxygen atoms in total. The summed E-state index contributed by atoms with van der Waals surface area (Å²) in [4.78, 5) is 0. The maximum absolute atomic E-state index is 8.95. The molecule has 3 aromatic rings. The normalized spacial score (nSPS) is 11.8. The van der Waals surface area contributed by atoms with Crippen molar-refractivity contribution >= 4 is 5.57 Å². The van der Waals surface area contributed by atoms with Gasteiger partial charge in [-0.2, -0.15) is 5.26 Å². The van der Waals surface area contributed by atoms with Gasteiger partial charge >= 0.3 is 0 Å². The van der Waals surface area contributed by atoms with Crippen LogP contribution in [0.4, 0.5) is 0 Å². The summed E-state index contributed by atoms with van der Waals surface area (Å²) in [5.41, 5.74) is 4.73. The van der Waals surface area contributed by atoms with Gasteiger partial charge in [-0.05, 0) is 48.7 Å². The van der Waals surface area contributed by atoms with E-state index in [4.69, 9.17) is 10.00 Å². The Balaban J connectivity index is 1.89. The average molecular weight is 377 g/mol. The summed E-state index contributed by atoms with van der Waals surface area (Å²) < 4.78 is 5.98. The Kier molecular flexibility index (Phi) is 7.41. The van der Waals surface area contributed by atoms with E-state index in [9.17, 15) is 0 Å². The van der Waals surface area contributed by atoms with Gasteiger partial charge in [0.1, 0.15) is 0 Å². The fraction of sp³-hybridized carbons (Fsp3) is 0.148. The molecule has 3 rings (SSSR count). The summed E-state index contributed by atoms with van der Waals surface area (Å²) in [6.45, 7) is 2.67. The quantitative estimate of drug-likeness (QED) is 0.482. The van der Waals surface area contributed by atoms with Crippen molar-refractivity contribution in [3.8, 4) is 17.9 Å². The van der Waals surface area contributed by atoms with Crippen LogP contribution in [0.25, 0.3) is 5.57 Å². The van der Waals surface area contributed by atoms with Crippen LogP contribution >= 0.6 is 0 Å². The number of nitriles is 1. The molecule has 0 N–H and O–H groups in total. The smallest absolute Gasteiger partial charge is 0.0991 e. The first-order chi connectivity index (χ1) is 14.3. The predicted molar refractivity (Wildman–Crippen MR) is 118 cm³/mol. The lowest BCUT2D eigenvalue weighted by atomic mass is 10.0. The highest BCUT2D eigenvalue weighted by atomic mass is 16.5. The first kappa shape index (κ1) is 20.2. The molecule has 0 aliphatic carbocycles. The molecule has 3 aromatic carbocycles. The molecule has 0 saturated carbocycles. The van der Waals surface area contributed by atoms with Gasteiger partial charge < -0.3 is 4.74 Å². The first-order valence-corrected chi connectivity index (χ1v) is 9.74. The molecule has 2 heteroatoms. The molecule has 0 spiro atoms. The Bertz CT molecular complexity index is 1030. The van der Waals surface area contributed by atoms with Gasteiger partial charge in [0.05, 0.1) is 17.7 Å². The largest absolute Gasteiger partial charge is 0.373 e. The third-order valence-electron chi connectivity index (χ3n) is 4.52. The van der Waals surface area contributed by atoms with Gasteiger partial charge in [0.2, 0.25) is 0 Å². The van der Waals surface area contributed by atoms with Crippen molar-refractivity contribution < 1.29 is 4.74 Å². The second-order valence-electron chi connectivity index (χ2n) is 6.51. The zero-order valence-corrected chi connectivity index (χ0v) is 16.5. The number of benzene rings is 3. The van der Waals surface area contributed by atoms with Crippen molar-refractivity contribution in [2.24, 2.45) is 0 Å². The van der Waals surface area contributed by atoms with Gasteiger partial charge in [-0.3, -0.25) is 0 Å². The molecule has 1 atom stereocenters. The van der Waals surface area contributed by atoms with E-state index in [2.05, 4.69) is 48.3 Å². The molecule has 0 bridgehead atoms. The van der Waals surface area contributed by atoms with Gasteiger partial charge in [0.25, 0.3) is 0 Å². The fourth-order valence-electron chi connectivity index (χ4n) is 3.02. The number of ether oxygens (including phenoxy) is 1. The van der Waals surface area contributed by atoms with E-state index >= 15 is 0 Å². The molecule has 1 unspecified atom stereocenters. The highest BCUT2D eigenvalue weighted by Crippen LogP contribution is 2.24. The van der Waals surface area contributed by atoms with E-state index in [-0.39, 0.29) is 6.10 Å². The van der Waals surface area contributed by atoms with E-state index < -0.39 is 0 Å². The summed E-state index contributed by atoms with van der Waals surface area (Å²) in [6.07, 6.45) is 2.89. The lowest BCUT2D eigenvalue weighted by Crippen LogP contribution is -2.03. The van der Waals surface area contributed by atoms with Crippen LogP contribution < -0.4 is 0 Å². The third-order valence-corrected chi connectivity index (χ3v) is 4.52. The number of rotatable bonds is 6. The summed E-state index contributed by atoms with van der Waals surface area (Å²) in [5, 5.41) is 8.95. The summed E-state index contributed by atoms with van der Waals surface area (Å²) >= 11 is 0. The highest BCUT2D eigenvalue weighted by molar-refractivity contribution is 5.79. The van der Waals surface area contributed by atoms with E-state index in [0.29, 0.717) is 12.2 Å². The molecule has 0 aromatic heterocycles. The molecular weight excluding hydrogens is 354 g/mol. The van der Waals surface area contributed by atoms with Crippen LogP contribution in [-0.4, -0.2) is 6.61 Å². The second kappa shape index (κ2) is 10.7. The average Bonchev–Trinajstić information content (AvgIpc) is 2.80. The van der Waals surface area contributed by atoms with Crippen molar-refractivity contribution in [2.75, 3.05) is 6.61 Å². The Hall–Kier alpha value is -3.59. The summed E-state index contributed by atoms with van der Waals surface area (Å²) in [5.74, 6) is 6.53. The Morgan fingerprint density at radius 3 is 2.14 bits per heavy atom. The standard InChI is InChI=1S/C27H23NO/c1-2-29-27(26-11-7-4-8-12-26)20-19-25(24-9-5-3-6-10-24)18-17-22-13-15-23(21-28)16-14-22/h3-16,19,27H,2,20H2,1H3/b25-19+. The van der Waals surface area contributed by atoms with Crippen LogP contribution in [0.5, 0.6) is 0 Å². The van der Waals surface area contributed by atoms with Gasteiger partial charge in [0, 0.05) is 17.7 Å². The maximum Gasteiger partial charge on any atom is 0.0991 e. The molecule has 0 aliphatic heterocycles. The highest BCUT2D eigenvalue weighted by Gasteiger charge is 2.10. The van der Waals surface area contributed by atoms with Crippen LogP contribution in [0.2, 0.25) is 0 Å². The van der Waals surface area contributed by atoms with Gasteiger partial charge in [0.15, 0.2) is 0 Å². The Morgan fingerprint density at radius 1 is 0.897 bits per heavy atom. The molecule has 0 aliphatic rings. The Morgan fingerprint density at radius 2 is 1.52 bits per heavy atom. The Labute approximate surface area is 173 Å². The van der Waals surface area contributed by atoms with E-state index in [1.807, 2.05) is 55.5 Å². The molecule has 0 fully saturated rings. The molecule has 29 heavy (non-hydrogen) atoms. The molecule has 0 heterocycles. The van der Waals surface area contributed by atoms with Crippen molar-refractivity contribution in [1.29, 1.82) is 5.26 Å². The minimum Gasteiger partial charge on any atom is -0.373 e. The van der Waals surface area contributed by atoms with Crippen LogP contribution in [0.15, 0.2) is 91.0 Å². The topological polar surface area (TPSA) is 33.0 Å². The zero-order chi connectivity index (χ0) is 20.3. The molecular formula is C27H23NO. The summed E-state index contributed by atoms with van der Waals surface area (Å²) in [6, 6.07) is 29.9. The fourth-order valence-corrected chi connectivity index (χ4v) is 3.02. The van der Waals surface area contributed by atoms with Crippen molar-refractivity contribution in [3.05, 3.63) is 113 Å². The van der Waals surface area contributed by atoms with Crippen molar-refractivity contribution in [2.45, 2.75) is 19.4 Å². The molecule has 0 amide bonds. The van der Waals surface area contributed by atoms with Crippen molar-refractivity contribution in [1.82, 2.24) is 0 Å². The number of nitrogens with zero attached hydrogens (tertiary/aromatic N) is 1. The molecule has 0 saturated heterocycles. The van der Waals surface area contributed by atoms with Gasteiger partial charge in [-0.1, -0.05) is 78.6 Å². The lowest BCUT2D eigenvalue weighted by molar-refractivity contribution is 0.0648. The number of hydrogen-bond donors (Lipinski definition) is 0. The SMILES string of the molecule is CCOC(C/C=C(\C#Cc1ccc(C#N)cc1)c1ccccc1)c1ccccc1. The maximum atomic E-state index is 8.95. The second-order valence-corrected chi connectivity index (χ2v) is 6.51. The van der Waals surface area contributed by atoms with Gasteiger partial charge in [-0.15, -0.1) is 0 Å². The number of hydrogen-bond acceptors (Lipinski definition) is 2. The van der Waals surface area contributed by atoms with Crippen LogP contribution in [-0.2, 0) is 4.74 Å². The summed E-state index contributed by atoms with van der Waals surface area (Å²) in [7, 11) is 0. The minimum absolute atomic E-state index is 0.00313. The van der Waals surface area contributed by atoms with Crippen LogP contribution in [0, 0.1) is 23.2 Å². The predicted octanol–water partition coefficient (Wildman–Crippen LogP) is 6.16. The van der Waals surface area contributed by atoms with E-state index in [0.717, 1.165) is 28.7 Å². The minimum atomic E-state index is -0.00313. The van der Waals surface area contributed by atoms with Crippen LogP contribution in [0.1, 0.15) is 41.7 Å².